The highest BCUT2D eigenvalue weighted by Gasteiger charge is 2.22. The molecule has 1 aromatic heterocycles. The summed E-state index contributed by atoms with van der Waals surface area (Å²) in [6.07, 6.45) is 2.74. The zero-order chi connectivity index (χ0) is 21.6. The van der Waals surface area contributed by atoms with Gasteiger partial charge >= 0.3 is 6.03 Å². The minimum atomic E-state index is -0.374. The van der Waals surface area contributed by atoms with Gasteiger partial charge in [0.2, 0.25) is 11.8 Å². The molecule has 8 heteroatoms. The van der Waals surface area contributed by atoms with Crippen molar-refractivity contribution in [1.82, 2.24) is 20.4 Å². The maximum atomic E-state index is 12.5. The Balaban J connectivity index is 1.10. The maximum Gasteiger partial charge on any atom is 0.315 e. The van der Waals surface area contributed by atoms with E-state index >= 15 is 0 Å². The van der Waals surface area contributed by atoms with Crippen molar-refractivity contribution in [1.29, 1.82) is 0 Å². The minimum Gasteiger partial charge on any atom is -0.338 e. The minimum absolute atomic E-state index is 0.0164. The third kappa shape index (κ3) is 5.44. The Bertz CT molecular complexity index is 958. The van der Waals surface area contributed by atoms with Crippen LogP contribution >= 0.6 is 11.3 Å². The topological polar surface area (TPSA) is 81.8 Å². The van der Waals surface area contributed by atoms with E-state index in [4.69, 9.17) is 0 Å². The number of nitrogens with one attached hydrogen (secondary N) is 2. The summed E-state index contributed by atoms with van der Waals surface area (Å²) in [5.74, 6) is 0.0392. The van der Waals surface area contributed by atoms with Gasteiger partial charge in [0.25, 0.3) is 0 Å². The van der Waals surface area contributed by atoms with Crippen molar-refractivity contribution in [2.24, 2.45) is 0 Å². The molecular formula is C23H28N4O3S. The van der Waals surface area contributed by atoms with Gasteiger partial charge in [0, 0.05) is 44.0 Å². The fraction of sp³-hybridized carbons (Fsp3) is 0.435. The summed E-state index contributed by atoms with van der Waals surface area (Å²) in [5.41, 5.74) is 3.74. The van der Waals surface area contributed by atoms with Crippen LogP contribution in [0.4, 0.5) is 4.79 Å². The van der Waals surface area contributed by atoms with Crippen LogP contribution in [0.1, 0.15) is 34.4 Å². The molecular weight excluding hydrogens is 412 g/mol. The third-order valence-corrected chi connectivity index (χ3v) is 6.92. The molecule has 0 unspecified atom stereocenters. The molecule has 0 aliphatic carbocycles. The highest BCUT2D eigenvalue weighted by Crippen LogP contribution is 2.24. The van der Waals surface area contributed by atoms with Crippen LogP contribution in [-0.2, 0) is 35.5 Å². The molecule has 0 saturated carbocycles. The van der Waals surface area contributed by atoms with Crippen LogP contribution in [0.2, 0.25) is 0 Å². The third-order valence-electron chi connectivity index (χ3n) is 5.90. The number of carbonyl (C=O) groups excluding carboxylic acids is 3. The molecule has 4 rings (SSSR count). The van der Waals surface area contributed by atoms with Gasteiger partial charge in [-0.05, 0) is 47.4 Å². The molecule has 0 bridgehead atoms. The molecule has 2 aliphatic heterocycles. The van der Waals surface area contributed by atoms with E-state index in [1.165, 1.54) is 21.6 Å². The summed E-state index contributed by atoms with van der Waals surface area (Å²) < 4.78 is 0. The number of nitrogens with zero attached hydrogens (tertiary/aromatic N) is 2. The van der Waals surface area contributed by atoms with Crippen molar-refractivity contribution in [2.45, 2.75) is 38.8 Å². The van der Waals surface area contributed by atoms with Crippen LogP contribution < -0.4 is 10.6 Å². The number of urea groups is 1. The Hall–Kier alpha value is -2.87. The number of carbonyl (C=O) groups is 3. The first-order valence-electron chi connectivity index (χ1n) is 10.8. The lowest BCUT2D eigenvalue weighted by Crippen LogP contribution is -2.45. The second-order valence-electron chi connectivity index (χ2n) is 7.98. The number of hydrogen-bond donors (Lipinski definition) is 2. The highest BCUT2D eigenvalue weighted by atomic mass is 32.1. The molecule has 0 radical (unpaired) electrons. The lowest BCUT2D eigenvalue weighted by Gasteiger charge is -2.29. The Morgan fingerprint density at radius 1 is 0.871 bits per heavy atom. The first kappa shape index (κ1) is 21.4. The monoisotopic (exact) mass is 440 g/mol. The molecule has 2 N–H and O–H groups in total. The van der Waals surface area contributed by atoms with E-state index < -0.39 is 0 Å². The number of hydrogen-bond acceptors (Lipinski definition) is 4. The summed E-state index contributed by atoms with van der Waals surface area (Å²) in [5, 5.41) is 7.42. The molecule has 7 nitrogen and oxygen atoms in total. The Morgan fingerprint density at radius 3 is 2.48 bits per heavy atom. The standard InChI is InChI=1S/C23H28N4O3S/c28-21(26-11-7-17-4-1-2-5-18(17)15-26)6-3-10-24-23(30)25-14-22(29)27-12-8-20-19(16-27)9-13-31-20/h1-2,4-5,9,13H,3,6-8,10-12,14-16H2,(H2,24,25,30). The average molecular weight is 441 g/mol. The normalized spacial score (nSPS) is 15.1. The number of benzene rings is 1. The molecule has 0 atom stereocenters. The van der Waals surface area contributed by atoms with E-state index in [-0.39, 0.29) is 24.4 Å². The van der Waals surface area contributed by atoms with Crippen molar-refractivity contribution in [3.05, 3.63) is 57.3 Å². The van der Waals surface area contributed by atoms with Crippen LogP contribution in [0.25, 0.3) is 0 Å². The summed E-state index contributed by atoms with van der Waals surface area (Å²) in [6.45, 7) is 3.10. The molecule has 4 amide bonds. The highest BCUT2D eigenvalue weighted by molar-refractivity contribution is 7.10. The largest absolute Gasteiger partial charge is 0.338 e. The molecule has 2 aliphatic rings. The van der Waals surface area contributed by atoms with Crippen molar-refractivity contribution >= 4 is 29.2 Å². The number of rotatable bonds is 6. The fourth-order valence-corrected chi connectivity index (χ4v) is 4.99. The van der Waals surface area contributed by atoms with Crippen molar-refractivity contribution < 1.29 is 14.4 Å². The van der Waals surface area contributed by atoms with E-state index in [0.29, 0.717) is 39.0 Å². The van der Waals surface area contributed by atoms with Crippen LogP contribution in [0.3, 0.4) is 0 Å². The molecule has 164 valence electrons. The smallest absolute Gasteiger partial charge is 0.315 e. The predicted octanol–water partition coefficient (Wildman–Crippen LogP) is 2.30. The van der Waals surface area contributed by atoms with Gasteiger partial charge in [0.15, 0.2) is 0 Å². The predicted molar refractivity (Wildman–Crippen MR) is 120 cm³/mol. The van der Waals surface area contributed by atoms with Gasteiger partial charge in [0.05, 0.1) is 6.54 Å². The van der Waals surface area contributed by atoms with Crippen LogP contribution in [0.5, 0.6) is 0 Å². The summed E-state index contributed by atoms with van der Waals surface area (Å²) >= 11 is 1.73. The molecule has 3 heterocycles. The van der Waals surface area contributed by atoms with Gasteiger partial charge in [-0.2, -0.15) is 0 Å². The lowest BCUT2D eigenvalue weighted by molar-refractivity contribution is -0.132. The molecule has 31 heavy (non-hydrogen) atoms. The first-order valence-corrected chi connectivity index (χ1v) is 11.7. The van der Waals surface area contributed by atoms with E-state index in [1.54, 1.807) is 16.2 Å². The Morgan fingerprint density at radius 2 is 1.61 bits per heavy atom. The first-order chi connectivity index (χ1) is 15.1. The van der Waals surface area contributed by atoms with Crippen molar-refractivity contribution in [2.75, 3.05) is 26.2 Å². The fourth-order valence-electron chi connectivity index (χ4n) is 4.10. The van der Waals surface area contributed by atoms with Crippen LogP contribution in [0, 0.1) is 0 Å². The molecule has 0 fully saturated rings. The van der Waals surface area contributed by atoms with Crippen molar-refractivity contribution in [3.63, 3.8) is 0 Å². The van der Waals surface area contributed by atoms with Crippen molar-refractivity contribution in [3.8, 4) is 0 Å². The Kier molecular flexibility index (Phi) is 6.86. The van der Waals surface area contributed by atoms with Gasteiger partial charge in [-0.3, -0.25) is 9.59 Å². The van der Waals surface area contributed by atoms with Crippen LogP contribution in [0.15, 0.2) is 35.7 Å². The zero-order valence-electron chi connectivity index (χ0n) is 17.6. The number of thiophene rings is 1. The quantitative estimate of drug-likeness (QED) is 0.677. The molecule has 2 aromatic rings. The second kappa shape index (κ2) is 9.96. The molecule has 0 saturated heterocycles. The van der Waals surface area contributed by atoms with E-state index in [9.17, 15) is 14.4 Å². The molecule has 1 aromatic carbocycles. The summed E-state index contributed by atoms with van der Waals surface area (Å²) in [7, 11) is 0. The van der Waals surface area contributed by atoms with E-state index in [0.717, 1.165) is 19.4 Å². The summed E-state index contributed by atoms with van der Waals surface area (Å²) in [4.78, 5) is 41.8. The van der Waals surface area contributed by atoms with Crippen LogP contribution in [-0.4, -0.2) is 53.8 Å². The van der Waals surface area contributed by atoms with Gasteiger partial charge in [-0.25, -0.2) is 4.79 Å². The van der Waals surface area contributed by atoms with E-state index in [1.807, 2.05) is 17.0 Å². The van der Waals surface area contributed by atoms with Gasteiger partial charge in [-0.15, -0.1) is 11.3 Å². The lowest BCUT2D eigenvalue weighted by atomic mass is 9.99. The zero-order valence-corrected chi connectivity index (χ0v) is 18.4. The summed E-state index contributed by atoms with van der Waals surface area (Å²) in [6, 6.07) is 9.92. The SMILES string of the molecule is O=C(NCCCC(=O)N1CCc2ccccc2C1)NCC(=O)N1CCc2sccc2C1. The maximum absolute atomic E-state index is 12.5. The number of amides is 4. The second-order valence-corrected chi connectivity index (χ2v) is 8.98. The number of fused-ring (bicyclic) bond motifs is 2. The van der Waals surface area contributed by atoms with Gasteiger partial charge in [0.1, 0.15) is 0 Å². The van der Waals surface area contributed by atoms with Gasteiger partial charge in [-0.1, -0.05) is 24.3 Å². The van der Waals surface area contributed by atoms with Gasteiger partial charge < -0.3 is 20.4 Å². The Labute approximate surface area is 186 Å². The molecule has 0 spiro atoms. The van der Waals surface area contributed by atoms with E-state index in [2.05, 4.69) is 34.2 Å². The average Bonchev–Trinajstić information content (AvgIpc) is 3.27.